The van der Waals surface area contributed by atoms with Crippen LogP contribution in [0.4, 0.5) is 0 Å². The Balaban J connectivity index is 2.40. The summed E-state index contributed by atoms with van der Waals surface area (Å²) < 4.78 is 0. The van der Waals surface area contributed by atoms with Crippen molar-refractivity contribution in [3.8, 4) is 0 Å². The van der Waals surface area contributed by atoms with Crippen molar-refractivity contribution >= 4 is 10.9 Å². The van der Waals surface area contributed by atoms with Gasteiger partial charge in [0.05, 0.1) is 6.10 Å². The normalized spacial score (nSPS) is 14.6. The maximum Gasteiger partial charge on any atom is 0.189 e. The summed E-state index contributed by atoms with van der Waals surface area (Å²) in [6, 6.07) is 6.28. The fraction of sp³-hybridized carbons (Fsp3) is 0.308. The maximum absolute atomic E-state index is 11.6. The highest BCUT2D eigenvalue weighted by atomic mass is 16.3. The zero-order chi connectivity index (χ0) is 13.1. The lowest BCUT2D eigenvalue weighted by molar-refractivity contribution is 0.00428. The molecule has 0 aliphatic rings. The van der Waals surface area contributed by atoms with E-state index in [1.54, 1.807) is 24.4 Å². The summed E-state index contributed by atoms with van der Waals surface area (Å²) in [5, 5.41) is 28.7. The van der Waals surface area contributed by atoms with E-state index in [0.29, 0.717) is 16.5 Å². The van der Waals surface area contributed by atoms with Crippen molar-refractivity contribution in [1.82, 2.24) is 4.98 Å². The van der Waals surface area contributed by atoms with Gasteiger partial charge in [0.2, 0.25) is 0 Å². The number of rotatable bonds is 4. The summed E-state index contributed by atoms with van der Waals surface area (Å²) in [4.78, 5) is 14.6. The zero-order valence-corrected chi connectivity index (χ0v) is 9.71. The fourth-order valence-corrected chi connectivity index (χ4v) is 1.88. The van der Waals surface area contributed by atoms with Gasteiger partial charge >= 0.3 is 0 Å². The van der Waals surface area contributed by atoms with E-state index in [1.165, 1.54) is 6.07 Å². The molecule has 1 aromatic heterocycles. The molecule has 0 radical (unpaired) electrons. The molecule has 2 rings (SSSR count). The monoisotopic (exact) mass is 249 g/mol. The Morgan fingerprint density at radius 3 is 2.72 bits per heavy atom. The van der Waals surface area contributed by atoms with Crippen molar-refractivity contribution in [2.45, 2.75) is 18.6 Å². The Morgan fingerprint density at radius 2 is 2.00 bits per heavy atom. The van der Waals surface area contributed by atoms with Crippen molar-refractivity contribution in [2.24, 2.45) is 0 Å². The van der Waals surface area contributed by atoms with Crippen LogP contribution in [0.5, 0.6) is 0 Å². The number of aromatic nitrogens is 1. The molecule has 0 fully saturated rings. The lowest BCUT2D eigenvalue weighted by atomic mass is 10.0. The summed E-state index contributed by atoms with van der Waals surface area (Å²) in [6.07, 6.45) is -0.512. The minimum absolute atomic E-state index is 0.0876. The van der Waals surface area contributed by atoms with E-state index in [4.69, 9.17) is 5.11 Å². The third-order valence-corrected chi connectivity index (χ3v) is 2.91. The number of fused-ring (bicyclic) bond motifs is 1. The summed E-state index contributed by atoms with van der Waals surface area (Å²) in [5.74, 6) is 0. The first-order valence-corrected chi connectivity index (χ1v) is 5.72. The number of hydrogen-bond acceptors (Lipinski definition) is 4. The molecule has 5 heteroatoms. The van der Waals surface area contributed by atoms with E-state index in [2.05, 4.69) is 4.98 Å². The van der Waals surface area contributed by atoms with E-state index in [9.17, 15) is 15.0 Å². The summed E-state index contributed by atoms with van der Waals surface area (Å²) in [7, 11) is 0. The molecule has 2 aromatic rings. The van der Waals surface area contributed by atoms with Crippen LogP contribution in [0, 0.1) is 0 Å². The van der Waals surface area contributed by atoms with Gasteiger partial charge in [-0.05, 0) is 24.1 Å². The maximum atomic E-state index is 11.6. The molecule has 0 bridgehead atoms. The second-order valence-electron chi connectivity index (χ2n) is 4.17. The van der Waals surface area contributed by atoms with Crippen LogP contribution in [-0.4, -0.2) is 33.0 Å². The quantitative estimate of drug-likeness (QED) is 0.627. The molecule has 5 nitrogen and oxygen atoms in total. The van der Waals surface area contributed by atoms with Gasteiger partial charge in [-0.2, -0.15) is 0 Å². The number of pyridine rings is 1. The summed E-state index contributed by atoms with van der Waals surface area (Å²) >= 11 is 0. The van der Waals surface area contributed by atoms with E-state index < -0.39 is 12.2 Å². The number of aromatic amines is 1. The van der Waals surface area contributed by atoms with Gasteiger partial charge in [-0.25, -0.2) is 0 Å². The van der Waals surface area contributed by atoms with Gasteiger partial charge in [0, 0.05) is 29.8 Å². The van der Waals surface area contributed by atoms with Crippen LogP contribution in [0.15, 0.2) is 35.3 Å². The molecule has 0 spiro atoms. The Hall–Kier alpha value is -1.69. The fourth-order valence-electron chi connectivity index (χ4n) is 1.88. The molecule has 0 saturated heterocycles. The molecule has 1 aromatic carbocycles. The SMILES string of the molecule is O=c1cc[nH]c2ccc(C(O)C(O)CCO)cc12. The molecule has 0 aliphatic carbocycles. The van der Waals surface area contributed by atoms with Crippen LogP contribution < -0.4 is 5.43 Å². The van der Waals surface area contributed by atoms with Crippen LogP contribution in [0.25, 0.3) is 10.9 Å². The first-order valence-electron chi connectivity index (χ1n) is 5.72. The van der Waals surface area contributed by atoms with Crippen molar-refractivity contribution < 1.29 is 15.3 Å². The van der Waals surface area contributed by atoms with Crippen LogP contribution in [-0.2, 0) is 0 Å². The van der Waals surface area contributed by atoms with Crippen LogP contribution in [0.2, 0.25) is 0 Å². The molecule has 0 amide bonds. The molecular weight excluding hydrogens is 234 g/mol. The molecule has 18 heavy (non-hydrogen) atoms. The molecular formula is C13H15NO4. The lowest BCUT2D eigenvalue weighted by Gasteiger charge is -2.17. The Labute approximate surface area is 103 Å². The smallest absolute Gasteiger partial charge is 0.189 e. The molecule has 4 N–H and O–H groups in total. The predicted molar refractivity (Wildman–Crippen MR) is 67.2 cm³/mol. The van der Waals surface area contributed by atoms with Crippen LogP contribution >= 0.6 is 0 Å². The van der Waals surface area contributed by atoms with Crippen molar-refractivity contribution in [2.75, 3.05) is 6.61 Å². The largest absolute Gasteiger partial charge is 0.396 e. The van der Waals surface area contributed by atoms with Gasteiger partial charge in [-0.3, -0.25) is 4.79 Å². The van der Waals surface area contributed by atoms with Gasteiger partial charge < -0.3 is 20.3 Å². The highest BCUT2D eigenvalue weighted by molar-refractivity contribution is 5.78. The third-order valence-electron chi connectivity index (χ3n) is 2.91. The average molecular weight is 249 g/mol. The van der Waals surface area contributed by atoms with E-state index in [-0.39, 0.29) is 18.5 Å². The van der Waals surface area contributed by atoms with Crippen LogP contribution in [0.3, 0.4) is 0 Å². The lowest BCUT2D eigenvalue weighted by Crippen LogP contribution is -2.19. The predicted octanol–water partition coefficient (Wildman–Crippen LogP) is 0.305. The van der Waals surface area contributed by atoms with Gasteiger partial charge in [0.25, 0.3) is 0 Å². The Morgan fingerprint density at radius 1 is 1.22 bits per heavy atom. The third kappa shape index (κ3) is 2.43. The number of benzene rings is 1. The Bertz CT molecular complexity index is 593. The second-order valence-corrected chi connectivity index (χ2v) is 4.17. The molecule has 0 saturated carbocycles. The Kier molecular flexibility index (Phi) is 3.76. The second kappa shape index (κ2) is 5.30. The topological polar surface area (TPSA) is 93.6 Å². The minimum atomic E-state index is -1.11. The van der Waals surface area contributed by atoms with Gasteiger partial charge in [-0.15, -0.1) is 0 Å². The number of hydrogen-bond donors (Lipinski definition) is 4. The molecule has 2 unspecified atom stereocenters. The number of aliphatic hydroxyl groups excluding tert-OH is 3. The van der Waals surface area contributed by atoms with Crippen molar-refractivity contribution in [3.05, 3.63) is 46.2 Å². The molecule has 0 aliphatic heterocycles. The van der Waals surface area contributed by atoms with Crippen LogP contribution in [0.1, 0.15) is 18.1 Å². The number of H-pyrrole nitrogens is 1. The van der Waals surface area contributed by atoms with Gasteiger partial charge in [0.15, 0.2) is 5.43 Å². The first-order chi connectivity index (χ1) is 8.63. The molecule has 96 valence electrons. The van der Waals surface area contributed by atoms with E-state index in [0.717, 1.165) is 0 Å². The van der Waals surface area contributed by atoms with E-state index in [1.807, 2.05) is 0 Å². The minimum Gasteiger partial charge on any atom is -0.396 e. The van der Waals surface area contributed by atoms with Crippen molar-refractivity contribution in [1.29, 1.82) is 0 Å². The standard InChI is InChI=1S/C13H15NO4/c15-6-4-12(17)13(18)8-1-2-10-9(7-8)11(16)3-5-14-10/h1-3,5,7,12-13,15,17-18H,4,6H2,(H,14,16). The first kappa shape index (κ1) is 12.8. The molecule has 1 heterocycles. The van der Waals surface area contributed by atoms with Gasteiger partial charge in [0.1, 0.15) is 6.10 Å². The van der Waals surface area contributed by atoms with E-state index >= 15 is 0 Å². The summed E-state index contributed by atoms with van der Waals surface area (Å²) in [6.45, 7) is -0.202. The van der Waals surface area contributed by atoms with Crippen molar-refractivity contribution in [3.63, 3.8) is 0 Å². The van der Waals surface area contributed by atoms with Gasteiger partial charge in [-0.1, -0.05) is 6.07 Å². The number of aliphatic hydroxyl groups is 3. The molecule has 2 atom stereocenters. The number of nitrogens with one attached hydrogen (secondary N) is 1. The zero-order valence-electron chi connectivity index (χ0n) is 9.71. The summed E-state index contributed by atoms with van der Waals surface area (Å²) in [5.41, 5.74) is 0.990. The highest BCUT2D eigenvalue weighted by Crippen LogP contribution is 2.21. The highest BCUT2D eigenvalue weighted by Gasteiger charge is 2.18. The average Bonchev–Trinajstić information content (AvgIpc) is 2.38.